The number of carboxylic acid groups (broad SMARTS) is 1. The van der Waals surface area contributed by atoms with Crippen LogP contribution in [0, 0.1) is 11.8 Å². The van der Waals surface area contributed by atoms with Crippen LogP contribution in [0.1, 0.15) is 6.42 Å². The predicted octanol–water partition coefficient (Wildman–Crippen LogP) is 1.40. The highest BCUT2D eigenvalue weighted by molar-refractivity contribution is 7.90. The average molecular weight is 318 g/mol. The van der Waals surface area contributed by atoms with Gasteiger partial charge < -0.3 is 10.4 Å². The van der Waals surface area contributed by atoms with Crippen LogP contribution in [0.4, 0.5) is 5.69 Å². The Morgan fingerprint density at radius 3 is 2.50 bits per heavy atom. The lowest BCUT2D eigenvalue weighted by atomic mass is 10.2. The van der Waals surface area contributed by atoms with Gasteiger partial charge in [0.1, 0.15) is 0 Å². The van der Waals surface area contributed by atoms with Crippen molar-refractivity contribution in [2.45, 2.75) is 11.3 Å². The van der Waals surface area contributed by atoms with E-state index in [-0.39, 0.29) is 22.0 Å². The molecule has 2 N–H and O–H groups in total. The number of carboxylic acids is 1. The van der Waals surface area contributed by atoms with E-state index in [9.17, 15) is 18.0 Å². The van der Waals surface area contributed by atoms with Crippen LogP contribution in [0.3, 0.4) is 0 Å². The molecule has 2 rings (SSSR count). The van der Waals surface area contributed by atoms with Crippen molar-refractivity contribution in [2.24, 2.45) is 11.8 Å². The standard InChI is InChI=1S/C12H12ClNO5S/c1-20(18,19)6-2-3-9(13)10(4-6)14-11(15)7-5-8(7)12(16)17/h2-4,7-8H,5H2,1H3,(H,14,15)(H,16,17). The third kappa shape index (κ3) is 3.10. The predicted molar refractivity (Wildman–Crippen MR) is 72.4 cm³/mol. The summed E-state index contributed by atoms with van der Waals surface area (Å²) in [5.74, 6) is -2.75. The van der Waals surface area contributed by atoms with Gasteiger partial charge in [-0.2, -0.15) is 0 Å². The maximum absolute atomic E-state index is 11.8. The molecule has 6 nitrogen and oxygen atoms in total. The molecule has 0 aliphatic heterocycles. The van der Waals surface area contributed by atoms with Gasteiger partial charge >= 0.3 is 5.97 Å². The summed E-state index contributed by atoms with van der Waals surface area (Å²) in [4.78, 5) is 22.5. The second kappa shape index (κ2) is 5.06. The zero-order chi connectivity index (χ0) is 15.1. The fraction of sp³-hybridized carbons (Fsp3) is 0.333. The molecule has 108 valence electrons. The van der Waals surface area contributed by atoms with Crippen molar-refractivity contribution < 1.29 is 23.1 Å². The first-order chi connectivity index (χ1) is 9.20. The Labute approximate surface area is 120 Å². The van der Waals surface area contributed by atoms with Gasteiger partial charge in [-0.15, -0.1) is 0 Å². The molecule has 0 aromatic heterocycles. The quantitative estimate of drug-likeness (QED) is 0.874. The Balaban J connectivity index is 2.18. The molecule has 1 saturated carbocycles. The van der Waals surface area contributed by atoms with Crippen LogP contribution >= 0.6 is 11.6 Å². The Bertz CT molecular complexity index is 685. The molecule has 1 fully saturated rings. The van der Waals surface area contributed by atoms with Crippen molar-refractivity contribution in [1.82, 2.24) is 0 Å². The largest absolute Gasteiger partial charge is 0.481 e. The maximum atomic E-state index is 11.8. The molecular formula is C12H12ClNO5S. The first-order valence-electron chi connectivity index (χ1n) is 5.73. The highest BCUT2D eigenvalue weighted by atomic mass is 35.5. The van der Waals surface area contributed by atoms with Crippen LogP contribution in [0.25, 0.3) is 0 Å². The fourth-order valence-corrected chi connectivity index (χ4v) is 2.63. The van der Waals surface area contributed by atoms with Crippen LogP contribution in [0.15, 0.2) is 23.1 Å². The molecule has 1 aliphatic carbocycles. The van der Waals surface area contributed by atoms with Gasteiger partial charge in [0.2, 0.25) is 5.91 Å². The number of carbonyl (C=O) groups is 2. The minimum Gasteiger partial charge on any atom is -0.481 e. The number of halogens is 1. The summed E-state index contributed by atoms with van der Waals surface area (Å²) in [5, 5.41) is 11.4. The minimum absolute atomic E-state index is 0.0304. The van der Waals surface area contributed by atoms with Crippen molar-refractivity contribution in [3.8, 4) is 0 Å². The molecule has 0 saturated heterocycles. The number of nitrogens with one attached hydrogen (secondary N) is 1. The number of carbonyl (C=O) groups excluding carboxylic acids is 1. The average Bonchev–Trinajstić information content (AvgIpc) is 3.10. The molecule has 2 atom stereocenters. The molecule has 0 bridgehead atoms. The monoisotopic (exact) mass is 317 g/mol. The molecule has 1 aliphatic rings. The lowest BCUT2D eigenvalue weighted by Crippen LogP contribution is -2.17. The van der Waals surface area contributed by atoms with Crippen molar-refractivity contribution >= 4 is 39.0 Å². The van der Waals surface area contributed by atoms with Crippen LogP contribution in [-0.4, -0.2) is 31.7 Å². The Morgan fingerprint density at radius 1 is 1.35 bits per heavy atom. The smallest absolute Gasteiger partial charge is 0.307 e. The van der Waals surface area contributed by atoms with E-state index >= 15 is 0 Å². The first kappa shape index (κ1) is 14.8. The van der Waals surface area contributed by atoms with E-state index in [1.54, 1.807) is 0 Å². The van der Waals surface area contributed by atoms with E-state index < -0.39 is 33.5 Å². The number of anilines is 1. The molecule has 1 aromatic carbocycles. The molecule has 0 radical (unpaired) electrons. The van der Waals surface area contributed by atoms with Gasteiger partial charge in [0.15, 0.2) is 9.84 Å². The molecule has 1 amide bonds. The summed E-state index contributed by atoms with van der Waals surface area (Å²) in [6.07, 6.45) is 1.33. The summed E-state index contributed by atoms with van der Waals surface area (Å²) in [6, 6.07) is 3.97. The Kier molecular flexibility index (Phi) is 3.75. The number of aliphatic carboxylic acids is 1. The molecule has 20 heavy (non-hydrogen) atoms. The van der Waals surface area contributed by atoms with Crippen LogP contribution in [-0.2, 0) is 19.4 Å². The van der Waals surface area contributed by atoms with Crippen molar-refractivity contribution in [1.29, 1.82) is 0 Å². The highest BCUT2D eigenvalue weighted by Gasteiger charge is 2.48. The molecule has 2 unspecified atom stereocenters. The second-order valence-electron chi connectivity index (χ2n) is 4.69. The van der Waals surface area contributed by atoms with Crippen molar-refractivity contribution in [3.05, 3.63) is 23.2 Å². The zero-order valence-corrected chi connectivity index (χ0v) is 12.0. The summed E-state index contributed by atoms with van der Waals surface area (Å²) in [5.41, 5.74) is 0.163. The summed E-state index contributed by atoms with van der Waals surface area (Å²) < 4.78 is 22.9. The third-order valence-corrected chi connectivity index (χ3v) is 4.51. The van der Waals surface area contributed by atoms with Gasteiger partial charge in [-0.05, 0) is 24.6 Å². The van der Waals surface area contributed by atoms with E-state index in [0.717, 1.165) is 6.26 Å². The number of sulfone groups is 1. The molecule has 0 heterocycles. The summed E-state index contributed by atoms with van der Waals surface area (Å²) in [6.45, 7) is 0. The number of hydrogen-bond donors (Lipinski definition) is 2. The maximum Gasteiger partial charge on any atom is 0.307 e. The fourth-order valence-electron chi connectivity index (χ4n) is 1.81. The van der Waals surface area contributed by atoms with Crippen LogP contribution in [0.5, 0.6) is 0 Å². The number of benzene rings is 1. The van der Waals surface area contributed by atoms with E-state index in [4.69, 9.17) is 16.7 Å². The second-order valence-corrected chi connectivity index (χ2v) is 7.11. The molecule has 8 heteroatoms. The normalized spacial score (nSPS) is 21.3. The van der Waals surface area contributed by atoms with E-state index in [2.05, 4.69) is 5.32 Å². The van der Waals surface area contributed by atoms with Gasteiger partial charge in [0, 0.05) is 6.26 Å². The van der Waals surface area contributed by atoms with Crippen molar-refractivity contribution in [3.63, 3.8) is 0 Å². The minimum atomic E-state index is -3.41. The molecule has 1 aromatic rings. The van der Waals surface area contributed by atoms with Gasteiger partial charge in [0.05, 0.1) is 27.4 Å². The molecule has 0 spiro atoms. The summed E-state index contributed by atoms with van der Waals surface area (Å²) in [7, 11) is -3.41. The van der Waals surface area contributed by atoms with E-state index in [1.165, 1.54) is 18.2 Å². The van der Waals surface area contributed by atoms with E-state index in [0.29, 0.717) is 0 Å². The Hall–Kier alpha value is -1.60. The lowest BCUT2D eigenvalue weighted by Gasteiger charge is -2.08. The van der Waals surface area contributed by atoms with Crippen LogP contribution in [0.2, 0.25) is 5.02 Å². The van der Waals surface area contributed by atoms with Gasteiger partial charge in [0.25, 0.3) is 0 Å². The number of hydrogen-bond acceptors (Lipinski definition) is 4. The third-order valence-electron chi connectivity index (χ3n) is 3.07. The first-order valence-corrected chi connectivity index (χ1v) is 8.00. The Morgan fingerprint density at radius 2 is 2.00 bits per heavy atom. The number of amides is 1. The highest BCUT2D eigenvalue weighted by Crippen LogP contribution is 2.40. The van der Waals surface area contributed by atoms with Gasteiger partial charge in [-0.25, -0.2) is 8.42 Å². The topological polar surface area (TPSA) is 101 Å². The summed E-state index contributed by atoms with van der Waals surface area (Å²) >= 11 is 5.89. The van der Waals surface area contributed by atoms with E-state index in [1.807, 2.05) is 0 Å². The van der Waals surface area contributed by atoms with Gasteiger partial charge in [-0.1, -0.05) is 11.6 Å². The van der Waals surface area contributed by atoms with Crippen molar-refractivity contribution in [2.75, 3.05) is 11.6 Å². The zero-order valence-electron chi connectivity index (χ0n) is 10.5. The van der Waals surface area contributed by atoms with Gasteiger partial charge in [-0.3, -0.25) is 9.59 Å². The number of rotatable bonds is 4. The van der Waals surface area contributed by atoms with Crippen LogP contribution < -0.4 is 5.32 Å². The lowest BCUT2D eigenvalue weighted by molar-refractivity contribution is -0.139. The molecular weight excluding hydrogens is 306 g/mol. The SMILES string of the molecule is CS(=O)(=O)c1ccc(Cl)c(NC(=O)C2CC2C(=O)O)c1.